The van der Waals surface area contributed by atoms with Crippen molar-refractivity contribution in [1.29, 1.82) is 0 Å². The summed E-state index contributed by atoms with van der Waals surface area (Å²) in [5.74, 6) is -0.0283. The van der Waals surface area contributed by atoms with Gasteiger partial charge >= 0.3 is 6.09 Å². The lowest BCUT2D eigenvalue weighted by molar-refractivity contribution is 0.0262. The highest BCUT2D eigenvalue weighted by Gasteiger charge is 2.35. The number of anilines is 1. The molecule has 25 heavy (non-hydrogen) atoms. The molecule has 1 N–H and O–H groups in total. The van der Waals surface area contributed by atoms with Crippen LogP contribution in [0.25, 0.3) is 0 Å². The van der Waals surface area contributed by atoms with Gasteiger partial charge in [0.15, 0.2) is 0 Å². The average Bonchev–Trinajstić information content (AvgIpc) is 2.67. The molecule has 136 valence electrons. The minimum absolute atomic E-state index is 0.0283. The maximum absolute atomic E-state index is 12.5. The molecule has 0 bridgehead atoms. The van der Waals surface area contributed by atoms with Crippen LogP contribution >= 0.6 is 0 Å². The number of carbonyl (C=O) groups is 2. The molecule has 1 fully saturated rings. The highest BCUT2D eigenvalue weighted by atomic mass is 16.6. The van der Waals surface area contributed by atoms with Gasteiger partial charge in [-0.2, -0.15) is 0 Å². The monoisotopic (exact) mass is 345 g/mol. The molecule has 1 aromatic carbocycles. The van der Waals surface area contributed by atoms with Gasteiger partial charge in [0.2, 0.25) is 0 Å². The summed E-state index contributed by atoms with van der Waals surface area (Å²) in [5.41, 5.74) is 3.33. The van der Waals surface area contributed by atoms with Crippen LogP contribution in [-0.4, -0.2) is 48.3 Å². The summed E-state index contributed by atoms with van der Waals surface area (Å²) in [4.78, 5) is 28.9. The number of rotatable bonds is 0. The Hall–Kier alpha value is -2.24. The van der Waals surface area contributed by atoms with Crippen molar-refractivity contribution < 1.29 is 14.3 Å². The summed E-state index contributed by atoms with van der Waals surface area (Å²) in [6.45, 7) is 11.4. The maximum Gasteiger partial charge on any atom is 0.410 e. The fourth-order valence-corrected chi connectivity index (χ4v) is 3.57. The van der Waals surface area contributed by atoms with Crippen LogP contribution in [0.1, 0.15) is 48.7 Å². The Morgan fingerprint density at radius 2 is 1.92 bits per heavy atom. The molecule has 2 heterocycles. The molecule has 2 aliphatic heterocycles. The lowest BCUT2D eigenvalue weighted by Gasteiger charge is -2.38. The number of hydrogen-bond acceptors (Lipinski definition) is 4. The normalized spacial score (nSPS) is 20.4. The van der Waals surface area contributed by atoms with Crippen molar-refractivity contribution in [2.45, 2.75) is 52.8 Å². The second-order valence-electron chi connectivity index (χ2n) is 7.91. The van der Waals surface area contributed by atoms with Crippen molar-refractivity contribution in [2.75, 3.05) is 24.5 Å². The molecule has 0 aliphatic carbocycles. The van der Waals surface area contributed by atoms with Gasteiger partial charge in [-0.15, -0.1) is 0 Å². The first-order valence-electron chi connectivity index (χ1n) is 8.82. The van der Waals surface area contributed by atoms with Crippen LogP contribution in [0.2, 0.25) is 0 Å². The Kier molecular flexibility index (Phi) is 4.39. The van der Waals surface area contributed by atoms with Crippen molar-refractivity contribution >= 4 is 17.7 Å². The van der Waals surface area contributed by atoms with Crippen molar-refractivity contribution in [3.05, 3.63) is 28.8 Å². The third-order valence-corrected chi connectivity index (χ3v) is 4.60. The third-order valence-electron chi connectivity index (χ3n) is 4.60. The summed E-state index contributed by atoms with van der Waals surface area (Å²) < 4.78 is 5.50. The zero-order valence-electron chi connectivity index (χ0n) is 15.7. The van der Waals surface area contributed by atoms with Crippen LogP contribution in [0.3, 0.4) is 0 Å². The van der Waals surface area contributed by atoms with E-state index in [1.807, 2.05) is 40.7 Å². The van der Waals surface area contributed by atoms with Gasteiger partial charge in [-0.25, -0.2) is 4.79 Å². The second kappa shape index (κ2) is 6.24. The Labute approximate surface area is 149 Å². The maximum atomic E-state index is 12.5. The van der Waals surface area contributed by atoms with Crippen molar-refractivity contribution in [2.24, 2.45) is 0 Å². The van der Waals surface area contributed by atoms with E-state index in [0.717, 1.165) is 22.4 Å². The molecule has 0 aromatic heterocycles. The SMILES string of the molecule is Cc1cc(C)c2c(c1)N1CCN(C(=O)OC(C)(C)C)CCC1NC2=O. The number of hydrogen-bond donors (Lipinski definition) is 1. The average molecular weight is 345 g/mol. The quantitative estimate of drug-likeness (QED) is 0.785. The number of benzene rings is 1. The molecule has 0 radical (unpaired) electrons. The summed E-state index contributed by atoms with van der Waals surface area (Å²) in [6.07, 6.45) is 0.296. The van der Waals surface area contributed by atoms with E-state index in [4.69, 9.17) is 4.74 Å². The Morgan fingerprint density at radius 1 is 1.20 bits per heavy atom. The molecule has 1 atom stereocenters. The molecule has 6 nitrogen and oxygen atoms in total. The van der Waals surface area contributed by atoms with Gasteiger partial charge in [0, 0.05) is 26.1 Å². The van der Waals surface area contributed by atoms with Crippen LogP contribution < -0.4 is 10.2 Å². The van der Waals surface area contributed by atoms with Crippen LogP contribution in [0.15, 0.2) is 12.1 Å². The van der Waals surface area contributed by atoms with E-state index in [1.165, 1.54) is 0 Å². The number of nitrogens with one attached hydrogen (secondary N) is 1. The lowest BCUT2D eigenvalue weighted by atomic mass is 9.98. The summed E-state index contributed by atoms with van der Waals surface area (Å²) in [5, 5.41) is 3.09. The predicted octanol–water partition coefficient (Wildman–Crippen LogP) is 2.82. The fraction of sp³-hybridized carbons (Fsp3) is 0.579. The first-order chi connectivity index (χ1) is 11.7. The second-order valence-corrected chi connectivity index (χ2v) is 7.91. The Balaban J connectivity index is 1.84. The number of nitrogens with zero attached hydrogens (tertiary/aromatic N) is 2. The smallest absolute Gasteiger partial charge is 0.410 e. The van der Waals surface area contributed by atoms with Crippen molar-refractivity contribution in [3.8, 4) is 0 Å². The van der Waals surface area contributed by atoms with E-state index in [0.29, 0.717) is 26.1 Å². The minimum atomic E-state index is -0.508. The molecular weight excluding hydrogens is 318 g/mol. The zero-order valence-corrected chi connectivity index (χ0v) is 15.7. The summed E-state index contributed by atoms with van der Waals surface area (Å²) in [7, 11) is 0. The topological polar surface area (TPSA) is 61.9 Å². The number of carbonyl (C=O) groups excluding carboxylic acids is 2. The molecular formula is C19H27N3O3. The van der Waals surface area contributed by atoms with Crippen LogP contribution in [0, 0.1) is 13.8 Å². The molecule has 3 rings (SSSR count). The first-order valence-corrected chi connectivity index (χ1v) is 8.82. The Morgan fingerprint density at radius 3 is 2.60 bits per heavy atom. The van der Waals surface area contributed by atoms with E-state index < -0.39 is 5.60 Å². The highest BCUT2D eigenvalue weighted by molar-refractivity contribution is 6.03. The van der Waals surface area contributed by atoms with E-state index in [1.54, 1.807) is 4.90 Å². The first kappa shape index (κ1) is 17.6. The number of amides is 2. The van der Waals surface area contributed by atoms with E-state index >= 15 is 0 Å². The van der Waals surface area contributed by atoms with E-state index in [9.17, 15) is 9.59 Å². The molecule has 2 amide bonds. The van der Waals surface area contributed by atoms with E-state index in [2.05, 4.69) is 16.3 Å². The summed E-state index contributed by atoms with van der Waals surface area (Å²) >= 11 is 0. The molecule has 1 unspecified atom stereocenters. The van der Waals surface area contributed by atoms with Crippen LogP contribution in [0.5, 0.6) is 0 Å². The largest absolute Gasteiger partial charge is 0.444 e. The third kappa shape index (κ3) is 3.57. The van der Waals surface area contributed by atoms with Gasteiger partial charge in [-0.05, 0) is 51.8 Å². The van der Waals surface area contributed by atoms with Gasteiger partial charge in [0.1, 0.15) is 11.8 Å². The van der Waals surface area contributed by atoms with Gasteiger partial charge in [0.25, 0.3) is 5.91 Å². The van der Waals surface area contributed by atoms with Crippen LogP contribution in [0.4, 0.5) is 10.5 Å². The molecule has 1 saturated heterocycles. The van der Waals surface area contributed by atoms with Crippen molar-refractivity contribution in [3.63, 3.8) is 0 Å². The lowest BCUT2D eigenvalue weighted by Crippen LogP contribution is -2.53. The highest BCUT2D eigenvalue weighted by Crippen LogP contribution is 2.32. The number of fused-ring (bicyclic) bond motifs is 3. The predicted molar refractivity (Wildman–Crippen MR) is 96.9 cm³/mol. The minimum Gasteiger partial charge on any atom is -0.444 e. The molecule has 1 aromatic rings. The molecule has 6 heteroatoms. The zero-order chi connectivity index (χ0) is 18.4. The number of ether oxygens (including phenoxy) is 1. The fourth-order valence-electron chi connectivity index (χ4n) is 3.57. The standard InChI is InChI=1S/C19H27N3O3/c1-12-10-13(2)16-14(11-12)22-9-8-21(18(24)25-19(3,4)5)7-6-15(22)20-17(16)23/h10-11,15H,6-9H2,1-5H3,(H,20,23). The molecule has 0 spiro atoms. The van der Waals surface area contributed by atoms with Gasteiger partial charge in [0.05, 0.1) is 11.3 Å². The molecule has 0 saturated carbocycles. The van der Waals surface area contributed by atoms with Gasteiger partial charge in [-0.1, -0.05) is 6.07 Å². The number of aryl methyl sites for hydroxylation is 2. The molecule has 2 aliphatic rings. The van der Waals surface area contributed by atoms with Crippen LogP contribution in [-0.2, 0) is 4.74 Å². The Bertz CT molecular complexity index is 709. The van der Waals surface area contributed by atoms with Gasteiger partial charge < -0.3 is 19.9 Å². The summed E-state index contributed by atoms with van der Waals surface area (Å²) in [6, 6.07) is 4.10. The van der Waals surface area contributed by atoms with Gasteiger partial charge in [-0.3, -0.25) is 4.79 Å². The van der Waals surface area contributed by atoms with Crippen molar-refractivity contribution in [1.82, 2.24) is 10.2 Å². The van der Waals surface area contributed by atoms with E-state index in [-0.39, 0.29) is 18.2 Å².